The Morgan fingerprint density at radius 3 is 2.84 bits per heavy atom. The van der Waals surface area contributed by atoms with Gasteiger partial charge in [-0.15, -0.1) is 20.4 Å². The Hall–Kier alpha value is -2.17. The Kier molecular flexibility index (Phi) is 7.64. The van der Waals surface area contributed by atoms with Crippen molar-refractivity contribution in [3.8, 4) is 5.75 Å². The topological polar surface area (TPSA) is 94.8 Å². The number of hydrogen-bond donors (Lipinski definition) is 1. The number of ether oxygens (including phenoxy) is 1. The molecule has 0 spiro atoms. The van der Waals surface area contributed by atoms with Gasteiger partial charge in [-0.05, 0) is 43.5 Å². The van der Waals surface area contributed by atoms with Gasteiger partial charge in [-0.3, -0.25) is 10.1 Å². The summed E-state index contributed by atoms with van der Waals surface area (Å²) in [7, 11) is 1.86. The zero-order valence-corrected chi connectivity index (χ0v) is 20.4. The van der Waals surface area contributed by atoms with Crippen LogP contribution in [0, 0.1) is 6.92 Å². The van der Waals surface area contributed by atoms with E-state index in [9.17, 15) is 4.79 Å². The lowest BCUT2D eigenvalue weighted by molar-refractivity contribution is -0.113. The van der Waals surface area contributed by atoms with E-state index in [4.69, 9.17) is 16.3 Å². The molecule has 1 aliphatic carbocycles. The van der Waals surface area contributed by atoms with Gasteiger partial charge in [-0.1, -0.05) is 54.0 Å². The van der Waals surface area contributed by atoms with E-state index in [2.05, 4.69) is 25.7 Å². The van der Waals surface area contributed by atoms with Crippen LogP contribution in [-0.4, -0.2) is 36.6 Å². The molecule has 0 radical (unpaired) electrons. The number of nitrogens with zero attached hydrogens (tertiary/aromatic N) is 5. The molecule has 1 aromatic carbocycles. The third-order valence-electron chi connectivity index (χ3n) is 5.39. The van der Waals surface area contributed by atoms with E-state index in [0.717, 1.165) is 29.2 Å². The molecule has 11 heteroatoms. The average molecular weight is 493 g/mol. The molecule has 3 aromatic rings. The molecule has 32 heavy (non-hydrogen) atoms. The van der Waals surface area contributed by atoms with Crippen molar-refractivity contribution in [1.29, 1.82) is 0 Å². The number of benzene rings is 1. The molecule has 0 bridgehead atoms. The molecule has 0 atom stereocenters. The Labute approximate surface area is 200 Å². The smallest absolute Gasteiger partial charge is 0.236 e. The van der Waals surface area contributed by atoms with Crippen LogP contribution in [0.4, 0.5) is 5.13 Å². The van der Waals surface area contributed by atoms with Gasteiger partial charge in [0.05, 0.1) is 5.75 Å². The number of carbonyl (C=O) groups excluding carboxylic acids is 1. The largest absolute Gasteiger partial charge is 0.485 e. The van der Waals surface area contributed by atoms with Gasteiger partial charge in [-0.2, -0.15) is 0 Å². The minimum Gasteiger partial charge on any atom is -0.485 e. The van der Waals surface area contributed by atoms with Gasteiger partial charge in [-0.25, -0.2) is 0 Å². The molecular weight excluding hydrogens is 468 g/mol. The number of rotatable bonds is 8. The number of aryl methyl sites for hydroxylation is 1. The van der Waals surface area contributed by atoms with Crippen molar-refractivity contribution in [3.63, 3.8) is 0 Å². The maximum absolute atomic E-state index is 12.4. The summed E-state index contributed by atoms with van der Waals surface area (Å²) in [6.07, 6.45) is 6.11. The lowest BCUT2D eigenvalue weighted by Crippen LogP contribution is -2.14. The van der Waals surface area contributed by atoms with Gasteiger partial charge >= 0.3 is 0 Å². The highest BCUT2D eigenvalue weighted by Crippen LogP contribution is 2.35. The summed E-state index contributed by atoms with van der Waals surface area (Å²) in [5, 5.41) is 22.5. The number of anilines is 1. The van der Waals surface area contributed by atoms with Crippen LogP contribution < -0.4 is 10.1 Å². The highest BCUT2D eigenvalue weighted by molar-refractivity contribution is 7.99. The summed E-state index contributed by atoms with van der Waals surface area (Å²) in [5.74, 6) is 1.97. The predicted molar refractivity (Wildman–Crippen MR) is 127 cm³/mol. The van der Waals surface area contributed by atoms with Gasteiger partial charge in [0.1, 0.15) is 17.4 Å². The van der Waals surface area contributed by atoms with Crippen LogP contribution in [-0.2, 0) is 18.4 Å². The molecule has 0 aliphatic heterocycles. The number of amides is 1. The van der Waals surface area contributed by atoms with Crippen LogP contribution in [0.25, 0.3) is 0 Å². The van der Waals surface area contributed by atoms with Crippen LogP contribution in [0.1, 0.15) is 54.4 Å². The maximum atomic E-state index is 12.4. The second-order valence-electron chi connectivity index (χ2n) is 7.77. The van der Waals surface area contributed by atoms with E-state index < -0.39 is 0 Å². The van der Waals surface area contributed by atoms with Gasteiger partial charge in [0.2, 0.25) is 11.0 Å². The molecule has 1 saturated carbocycles. The molecule has 2 aromatic heterocycles. The van der Waals surface area contributed by atoms with Crippen molar-refractivity contribution >= 4 is 45.7 Å². The van der Waals surface area contributed by atoms with E-state index in [1.807, 2.05) is 30.7 Å². The molecular formula is C21H25ClN6O2S2. The predicted octanol–water partition coefficient (Wildman–Crippen LogP) is 4.99. The third-order valence-corrected chi connectivity index (χ3v) is 7.65. The summed E-state index contributed by atoms with van der Waals surface area (Å²) in [5.41, 5.74) is 0.953. The number of hydrogen-bond acceptors (Lipinski definition) is 8. The molecule has 4 rings (SSSR count). The Bertz CT molecular complexity index is 1080. The van der Waals surface area contributed by atoms with E-state index in [0.29, 0.717) is 27.1 Å². The van der Waals surface area contributed by atoms with Crippen molar-refractivity contribution in [2.24, 2.45) is 7.05 Å². The Morgan fingerprint density at radius 1 is 1.25 bits per heavy atom. The number of aromatic nitrogens is 5. The monoisotopic (exact) mass is 492 g/mol. The normalized spacial score (nSPS) is 14.5. The SMILES string of the molecule is Cc1cc(Cl)ccc1OCc1nnc(SCC(=O)Nc2nnc(C3CCCCC3)s2)n1C. The Morgan fingerprint density at radius 2 is 2.06 bits per heavy atom. The van der Waals surface area contributed by atoms with Crippen LogP contribution >= 0.6 is 34.7 Å². The van der Waals surface area contributed by atoms with E-state index in [-0.39, 0.29) is 18.3 Å². The first kappa shape index (κ1) is 23.0. The molecule has 1 fully saturated rings. The van der Waals surface area contributed by atoms with Crippen LogP contribution in [0.5, 0.6) is 5.75 Å². The van der Waals surface area contributed by atoms with E-state index in [1.54, 1.807) is 6.07 Å². The molecule has 0 unspecified atom stereocenters. The van der Waals surface area contributed by atoms with E-state index in [1.165, 1.54) is 42.4 Å². The second-order valence-corrected chi connectivity index (χ2v) is 10.2. The number of thioether (sulfide) groups is 1. The fourth-order valence-corrected chi connectivity index (χ4v) is 5.48. The summed E-state index contributed by atoms with van der Waals surface area (Å²) < 4.78 is 7.67. The third kappa shape index (κ3) is 5.79. The first-order chi connectivity index (χ1) is 15.5. The molecule has 1 amide bonds. The van der Waals surface area contributed by atoms with Gasteiger partial charge < -0.3 is 9.30 Å². The summed E-state index contributed by atoms with van der Waals surface area (Å²) >= 11 is 8.79. The lowest BCUT2D eigenvalue weighted by Gasteiger charge is -2.18. The number of halogens is 1. The van der Waals surface area contributed by atoms with Crippen LogP contribution in [0.15, 0.2) is 23.4 Å². The average Bonchev–Trinajstić information content (AvgIpc) is 3.39. The van der Waals surface area contributed by atoms with Gasteiger partial charge in [0.15, 0.2) is 11.0 Å². The summed E-state index contributed by atoms with van der Waals surface area (Å²) in [6, 6.07) is 5.47. The summed E-state index contributed by atoms with van der Waals surface area (Å²) in [4.78, 5) is 12.4. The maximum Gasteiger partial charge on any atom is 0.236 e. The van der Waals surface area contributed by atoms with E-state index >= 15 is 0 Å². The minimum absolute atomic E-state index is 0.140. The highest BCUT2D eigenvalue weighted by Gasteiger charge is 2.20. The number of nitrogens with one attached hydrogen (secondary N) is 1. The highest BCUT2D eigenvalue weighted by atomic mass is 35.5. The van der Waals surface area contributed by atoms with Crippen LogP contribution in [0.3, 0.4) is 0 Å². The van der Waals surface area contributed by atoms with Crippen LogP contribution in [0.2, 0.25) is 5.02 Å². The van der Waals surface area contributed by atoms with Crippen molar-refractivity contribution in [2.75, 3.05) is 11.1 Å². The molecule has 1 aliphatic rings. The standard InChI is InChI=1S/C21H25ClN6O2S2/c1-13-10-15(22)8-9-16(13)30-11-17-24-27-21(28(17)2)31-12-18(29)23-20-26-25-19(32-20)14-6-4-3-5-7-14/h8-10,14H,3-7,11-12H2,1-2H3,(H,23,26,29). The quantitative estimate of drug-likeness (QED) is 0.443. The fourth-order valence-electron chi connectivity index (χ4n) is 3.60. The van der Waals surface area contributed by atoms with Crippen molar-refractivity contribution in [3.05, 3.63) is 39.6 Å². The zero-order chi connectivity index (χ0) is 22.5. The lowest BCUT2D eigenvalue weighted by atomic mass is 9.90. The molecule has 8 nitrogen and oxygen atoms in total. The molecule has 1 N–H and O–H groups in total. The molecule has 170 valence electrons. The number of carbonyl (C=O) groups is 1. The van der Waals surface area contributed by atoms with Crippen molar-refractivity contribution in [2.45, 2.75) is 56.7 Å². The zero-order valence-electron chi connectivity index (χ0n) is 18.0. The van der Waals surface area contributed by atoms with Crippen molar-refractivity contribution < 1.29 is 9.53 Å². The summed E-state index contributed by atoms with van der Waals surface area (Å²) in [6.45, 7) is 2.21. The first-order valence-corrected chi connectivity index (χ1v) is 12.7. The Balaban J connectivity index is 1.27. The van der Waals surface area contributed by atoms with Gasteiger partial charge in [0.25, 0.3) is 0 Å². The first-order valence-electron chi connectivity index (χ1n) is 10.5. The second kappa shape index (κ2) is 10.6. The molecule has 2 heterocycles. The van der Waals surface area contributed by atoms with Crippen molar-refractivity contribution in [1.82, 2.24) is 25.0 Å². The molecule has 0 saturated heterocycles. The fraction of sp³-hybridized carbons (Fsp3) is 0.476. The minimum atomic E-state index is -0.140. The van der Waals surface area contributed by atoms with Gasteiger partial charge in [0, 0.05) is 18.0 Å².